The number of aryl methyl sites for hydroxylation is 2. The van der Waals surface area contributed by atoms with Crippen molar-refractivity contribution < 1.29 is 0 Å². The van der Waals surface area contributed by atoms with Crippen LogP contribution in [0, 0.1) is 13.8 Å². The summed E-state index contributed by atoms with van der Waals surface area (Å²) in [4.78, 5) is 10.2. The number of rotatable bonds is 8. The van der Waals surface area contributed by atoms with Gasteiger partial charge in [0.1, 0.15) is 0 Å². The van der Waals surface area contributed by atoms with Crippen molar-refractivity contribution in [1.29, 1.82) is 0 Å². The molecule has 0 saturated heterocycles. The zero-order chi connectivity index (χ0) is 89.9. The maximum atomic E-state index is 8.12. The molecule has 18 rings (SSSR count). The second-order valence-electron chi connectivity index (χ2n) is 44.7. The Kier molecular flexibility index (Phi) is 21.6. The lowest BCUT2D eigenvalue weighted by Crippen LogP contribution is -2.88. The maximum absolute atomic E-state index is 8.12. The molecule has 0 fully saturated rings. The highest BCUT2D eigenvalue weighted by Gasteiger charge is 2.57. The number of hydrogen-bond acceptors (Lipinski definition) is 4. The quantitative estimate of drug-likeness (QED) is 0.141. The van der Waals surface area contributed by atoms with Gasteiger partial charge in [0, 0.05) is 56.9 Å². The fraction of sp³-hybridized carbons (Fsp3) is 0.288. The summed E-state index contributed by atoms with van der Waals surface area (Å²) in [6.07, 6.45) is 0. The van der Waals surface area contributed by atoms with Gasteiger partial charge < -0.3 is 19.6 Å². The third-order valence-electron chi connectivity index (χ3n) is 27.3. The molecule has 0 aromatic heterocycles. The molecule has 14 aromatic carbocycles. The van der Waals surface area contributed by atoms with Gasteiger partial charge in [-0.3, -0.25) is 0 Å². The van der Waals surface area contributed by atoms with E-state index < -0.39 is 16.1 Å². The first-order chi connectivity index (χ1) is 59.2. The molecule has 126 heavy (non-hydrogen) atoms. The van der Waals surface area contributed by atoms with Crippen molar-refractivity contribution in [1.82, 2.24) is 0 Å². The molecule has 0 unspecified atom stereocenters. The van der Waals surface area contributed by atoms with Crippen molar-refractivity contribution >= 4 is 161 Å². The van der Waals surface area contributed by atoms with Crippen LogP contribution in [0.15, 0.2) is 303 Å². The van der Waals surface area contributed by atoms with E-state index in [1.165, 1.54) is 142 Å². The summed E-state index contributed by atoms with van der Waals surface area (Å²) in [5.41, 5.74) is 30.7. The van der Waals surface area contributed by atoms with Gasteiger partial charge in [0.05, 0.1) is 16.4 Å². The summed E-state index contributed by atoms with van der Waals surface area (Å²) in [6.45, 7) is 60.7. The first kappa shape index (κ1) is 87.2. The van der Waals surface area contributed by atoms with Crippen molar-refractivity contribution in [3.63, 3.8) is 0 Å². The summed E-state index contributed by atoms with van der Waals surface area (Å²) in [5.74, 6) is 0. The first-order valence-corrected chi connectivity index (χ1v) is 50.1. The van der Waals surface area contributed by atoms with Crippen LogP contribution < -0.4 is 77.5 Å². The zero-order valence-electron chi connectivity index (χ0n) is 79.6. The van der Waals surface area contributed by atoms with Gasteiger partial charge in [-0.15, -0.1) is 0 Å². The lowest BCUT2D eigenvalue weighted by atomic mass is 9.33. The number of benzene rings is 14. The number of fused-ring (bicyclic) bond motifs is 6. The van der Waals surface area contributed by atoms with Crippen molar-refractivity contribution in [3.05, 3.63) is 364 Å². The molecule has 0 aliphatic carbocycles. The lowest BCUT2D eigenvalue weighted by molar-refractivity contribution is 0.568. The Morgan fingerprint density at radius 2 is 0.444 bits per heavy atom. The van der Waals surface area contributed by atoms with Crippen molar-refractivity contribution in [3.8, 4) is 0 Å². The number of nitrogens with zero attached hydrogens (tertiary/aromatic N) is 4. The largest absolute Gasteiger partial charge is 0.311 e. The molecular weight excluding hydrogens is 1580 g/mol. The minimum atomic E-state index is -3.01. The maximum Gasteiger partial charge on any atom is 0.251 e. The fourth-order valence-electron chi connectivity index (χ4n) is 20.2. The monoisotopic (exact) mass is 1700 g/mol. The molecule has 638 valence electrons. The number of hydrogen-bond donors (Lipinski definition) is 0. The smallest absolute Gasteiger partial charge is 0.251 e. The summed E-state index contributed by atoms with van der Waals surface area (Å²) < 4.78 is 0. The van der Waals surface area contributed by atoms with Gasteiger partial charge in [0.15, 0.2) is 16.1 Å². The molecule has 4 aliphatic heterocycles. The van der Waals surface area contributed by atoms with E-state index in [0.29, 0.717) is 5.02 Å². The molecular formula is C118H128BClN4Si2. The highest BCUT2D eigenvalue weighted by Crippen LogP contribution is 2.53. The minimum Gasteiger partial charge on any atom is -0.311 e. The van der Waals surface area contributed by atoms with Gasteiger partial charge in [0.25, 0.3) is 6.71 Å². The molecule has 0 spiro atoms. The van der Waals surface area contributed by atoms with Crippen LogP contribution in [0.5, 0.6) is 0 Å². The van der Waals surface area contributed by atoms with Crippen molar-refractivity contribution in [2.75, 3.05) is 19.6 Å². The van der Waals surface area contributed by atoms with E-state index >= 15 is 0 Å². The Morgan fingerprint density at radius 3 is 0.714 bits per heavy atom. The molecule has 0 atom stereocenters. The molecule has 6 bridgehead atoms. The van der Waals surface area contributed by atoms with Gasteiger partial charge in [0.2, 0.25) is 0 Å². The molecule has 4 nitrogen and oxygen atoms in total. The molecule has 8 heteroatoms. The van der Waals surface area contributed by atoms with E-state index in [2.05, 4.69) is 503 Å². The van der Waals surface area contributed by atoms with E-state index in [1.807, 2.05) is 0 Å². The molecule has 4 heterocycles. The first-order valence-electron chi connectivity index (χ1n) is 45.7. The standard InChI is InChI=1S/C59H63BN2Si.C59H65ClN2Si/c1-38-30-49-53-50(31-38)62(44-36-41(58(8,9)10)33-42(37-44)59(11,12)13)48-27-21-29-52-55(48)60(53)54-47(61(49)43-34-39(56(2,3)4)32-40(35-43)57(5,6)7)26-20-28-51(54)63(52,45-22-16-14-17-23-45)46-24-18-15-19-25-46;1-40-30-53-55(60)54(31-40)62(48-36-43(58(8,9)10)33-44(37-48)59(11,12)13)46-23-21-29-52(39-46)63(49-24-16-14-17-25-49,50-26-18-15-19-27-50)51-28-20-22-45(38-51)61(53)47-34-41(56(2,3)4)32-42(35-47)57(5,6)7/h14-37H,1-13H3;14-39H,1-13H3. The molecule has 0 radical (unpaired) electrons. The SMILES string of the molecule is Cc1cc2c(Cl)c(c1)N(c1cc(C(C)(C)C)cc(C(C)(C)C)c1)c1cccc(c1)[Si](c1ccccc1)(c1ccccc1)c1cccc(c1)N2c1cc(C(C)(C)C)cc(C(C)(C)C)c1.Cc1cc2c3c(c1)N(c1cc(C(C)(C)C)cc(C(C)(C)C)c1)c1cccc4c1B3c1c(cccc1[Si]4(c1ccccc1)c1ccccc1)N2c1cc(C(C)(C)C)cc(C(C)(C)C)c1. The van der Waals surface area contributed by atoms with Crippen LogP contribution in [0.25, 0.3) is 0 Å². The molecule has 4 aliphatic rings. The third kappa shape index (κ3) is 15.3. The van der Waals surface area contributed by atoms with Gasteiger partial charge in [-0.05, 0) is 280 Å². The van der Waals surface area contributed by atoms with Gasteiger partial charge in [-0.2, -0.15) is 0 Å². The molecule has 0 amide bonds. The van der Waals surface area contributed by atoms with Crippen LogP contribution in [0.4, 0.5) is 68.2 Å². The van der Waals surface area contributed by atoms with E-state index in [4.69, 9.17) is 11.6 Å². The van der Waals surface area contributed by atoms with Gasteiger partial charge >= 0.3 is 0 Å². The van der Waals surface area contributed by atoms with Crippen LogP contribution in [-0.2, 0) is 43.3 Å². The van der Waals surface area contributed by atoms with E-state index in [1.54, 1.807) is 0 Å². The topological polar surface area (TPSA) is 13.0 Å². The Morgan fingerprint density at radius 1 is 0.206 bits per heavy atom. The van der Waals surface area contributed by atoms with Crippen LogP contribution >= 0.6 is 11.6 Å². The predicted molar refractivity (Wildman–Crippen MR) is 555 cm³/mol. The average molecular weight is 1700 g/mol. The second-order valence-corrected chi connectivity index (χ2v) is 52.6. The highest BCUT2D eigenvalue weighted by molar-refractivity contribution is 7.27. The third-order valence-corrected chi connectivity index (χ3v) is 37.3. The number of halogens is 1. The fourth-order valence-corrected chi connectivity index (χ4v) is 30.6. The lowest BCUT2D eigenvalue weighted by Gasteiger charge is -2.51. The van der Waals surface area contributed by atoms with Crippen LogP contribution in [0.2, 0.25) is 5.02 Å². The Bertz CT molecular complexity index is 6030. The average Bonchev–Trinajstić information content (AvgIpc) is 0.660. The molecule has 0 N–H and O–H groups in total. The second kappa shape index (κ2) is 31.2. The van der Waals surface area contributed by atoms with Crippen LogP contribution in [0.1, 0.15) is 222 Å². The highest BCUT2D eigenvalue weighted by atomic mass is 35.5. The van der Waals surface area contributed by atoms with E-state index in [-0.39, 0.29) is 50.0 Å². The van der Waals surface area contributed by atoms with Crippen LogP contribution in [0.3, 0.4) is 0 Å². The van der Waals surface area contributed by atoms with E-state index in [0.717, 1.165) is 39.7 Å². The summed E-state index contributed by atoms with van der Waals surface area (Å²) in [5, 5.41) is 11.8. The molecule has 0 saturated carbocycles. The Labute approximate surface area is 761 Å². The number of anilines is 12. The minimum absolute atomic E-state index is 0.0351. The Balaban J connectivity index is 0.000000178. The van der Waals surface area contributed by atoms with E-state index in [9.17, 15) is 0 Å². The Hall–Kier alpha value is -10.9. The van der Waals surface area contributed by atoms with Gasteiger partial charge in [-0.1, -0.05) is 372 Å². The predicted octanol–water partition coefficient (Wildman–Crippen LogP) is 25.4. The van der Waals surface area contributed by atoms with Gasteiger partial charge in [-0.25, -0.2) is 0 Å². The summed E-state index contributed by atoms with van der Waals surface area (Å²) in [6, 6.07) is 118. The van der Waals surface area contributed by atoms with Crippen molar-refractivity contribution in [2.45, 2.75) is 223 Å². The molecule has 14 aromatic rings. The van der Waals surface area contributed by atoms with Crippen LogP contribution in [-0.4, -0.2) is 22.9 Å². The normalized spacial score (nSPS) is 14.7. The zero-order valence-corrected chi connectivity index (χ0v) is 82.4. The summed E-state index contributed by atoms with van der Waals surface area (Å²) >= 11 is 8.12. The van der Waals surface area contributed by atoms with Crippen molar-refractivity contribution in [2.24, 2.45) is 0 Å². The summed E-state index contributed by atoms with van der Waals surface area (Å²) in [7, 11) is -5.96.